The zero-order chi connectivity index (χ0) is 13.5. The first-order chi connectivity index (χ1) is 8.58. The van der Waals surface area contributed by atoms with Crippen molar-refractivity contribution in [1.29, 1.82) is 0 Å². The van der Waals surface area contributed by atoms with Crippen LogP contribution < -0.4 is 10.5 Å². The van der Waals surface area contributed by atoms with Gasteiger partial charge in [-0.15, -0.1) is 0 Å². The van der Waals surface area contributed by atoms with Gasteiger partial charge in [-0.05, 0) is 39.0 Å². The van der Waals surface area contributed by atoms with E-state index in [0.717, 1.165) is 5.56 Å². The summed E-state index contributed by atoms with van der Waals surface area (Å²) in [6.45, 7) is 6.30. The molecule has 0 saturated heterocycles. The second-order valence-corrected chi connectivity index (χ2v) is 3.78. The molecule has 0 amide bonds. The van der Waals surface area contributed by atoms with Crippen LogP contribution in [0.5, 0.6) is 5.75 Å². The van der Waals surface area contributed by atoms with Crippen LogP contribution in [0.15, 0.2) is 23.8 Å². The van der Waals surface area contributed by atoms with E-state index in [4.69, 9.17) is 15.2 Å². The fourth-order valence-electron chi connectivity index (χ4n) is 1.49. The molecule has 1 aromatic carbocycles. The van der Waals surface area contributed by atoms with E-state index in [0.29, 0.717) is 30.2 Å². The normalized spacial score (nSPS) is 11.2. The molecule has 4 nitrogen and oxygen atoms in total. The lowest BCUT2D eigenvalue weighted by molar-refractivity contribution is -0.138. The summed E-state index contributed by atoms with van der Waals surface area (Å²) in [5.74, 6) is 0.345. The molecule has 0 aliphatic rings. The molecule has 0 aliphatic heterocycles. The number of ether oxygens (including phenoxy) is 2. The number of benzene rings is 1. The Morgan fingerprint density at radius 1 is 1.33 bits per heavy atom. The minimum absolute atomic E-state index is 0.322. The van der Waals surface area contributed by atoms with Crippen molar-refractivity contribution in [3.05, 3.63) is 29.3 Å². The molecule has 1 rings (SSSR count). The molecule has 0 aliphatic carbocycles. The number of esters is 1. The lowest BCUT2D eigenvalue weighted by atomic mass is 10.1. The first-order valence-corrected chi connectivity index (χ1v) is 5.96. The Morgan fingerprint density at radius 3 is 2.67 bits per heavy atom. The van der Waals surface area contributed by atoms with Crippen LogP contribution in [0.4, 0.5) is 5.69 Å². The zero-order valence-corrected chi connectivity index (χ0v) is 11.0. The molecule has 2 N–H and O–H groups in total. The molecule has 0 heterocycles. The number of carbonyl (C=O) groups is 1. The average molecular weight is 249 g/mol. The van der Waals surface area contributed by atoms with E-state index in [1.54, 1.807) is 32.1 Å². The Balaban J connectivity index is 3.01. The fourth-order valence-corrected chi connectivity index (χ4v) is 1.49. The maximum absolute atomic E-state index is 11.5. The van der Waals surface area contributed by atoms with E-state index < -0.39 is 0 Å². The predicted molar refractivity (Wildman–Crippen MR) is 72.3 cm³/mol. The molecular weight excluding hydrogens is 230 g/mol. The Labute approximate surface area is 107 Å². The molecule has 0 bridgehead atoms. The zero-order valence-electron chi connectivity index (χ0n) is 11.0. The minimum atomic E-state index is -0.322. The highest BCUT2D eigenvalue weighted by atomic mass is 16.5. The van der Waals surface area contributed by atoms with Crippen molar-refractivity contribution in [1.82, 2.24) is 0 Å². The van der Waals surface area contributed by atoms with Crippen molar-refractivity contribution in [2.75, 3.05) is 18.9 Å². The molecule has 0 saturated carbocycles. The number of hydrogen-bond donors (Lipinski definition) is 1. The second kappa shape index (κ2) is 6.69. The van der Waals surface area contributed by atoms with Gasteiger partial charge in [-0.3, -0.25) is 0 Å². The summed E-state index contributed by atoms with van der Waals surface area (Å²) in [4.78, 5) is 11.5. The van der Waals surface area contributed by atoms with Crippen LogP contribution in [0.2, 0.25) is 0 Å². The van der Waals surface area contributed by atoms with E-state index in [1.165, 1.54) is 0 Å². The number of carbonyl (C=O) groups excluding carboxylic acids is 1. The number of rotatable bonds is 5. The van der Waals surface area contributed by atoms with Crippen molar-refractivity contribution >= 4 is 17.7 Å². The van der Waals surface area contributed by atoms with Gasteiger partial charge in [0.2, 0.25) is 0 Å². The van der Waals surface area contributed by atoms with Crippen molar-refractivity contribution in [3.63, 3.8) is 0 Å². The Bertz CT molecular complexity index is 452. The van der Waals surface area contributed by atoms with Gasteiger partial charge in [0, 0.05) is 22.9 Å². The third-order valence-corrected chi connectivity index (χ3v) is 2.31. The van der Waals surface area contributed by atoms with Crippen LogP contribution in [-0.2, 0) is 9.53 Å². The molecule has 1 aromatic rings. The lowest BCUT2D eigenvalue weighted by Crippen LogP contribution is -2.05. The van der Waals surface area contributed by atoms with Gasteiger partial charge in [0.05, 0.1) is 13.2 Å². The van der Waals surface area contributed by atoms with Gasteiger partial charge < -0.3 is 15.2 Å². The highest BCUT2D eigenvalue weighted by Gasteiger charge is 2.07. The van der Waals surface area contributed by atoms with Crippen LogP contribution >= 0.6 is 0 Å². The van der Waals surface area contributed by atoms with E-state index >= 15 is 0 Å². The SMILES string of the molecule is CCOC(=O)/C(C)=C\c1ccc(N)cc1OCC. The maximum Gasteiger partial charge on any atom is 0.333 e. The third kappa shape index (κ3) is 3.80. The van der Waals surface area contributed by atoms with Crippen molar-refractivity contribution in [2.45, 2.75) is 20.8 Å². The molecule has 18 heavy (non-hydrogen) atoms. The number of nitrogen functional groups attached to an aromatic ring is 1. The number of nitrogens with two attached hydrogens (primary N) is 1. The molecule has 98 valence electrons. The van der Waals surface area contributed by atoms with E-state index in [9.17, 15) is 4.79 Å². The predicted octanol–water partition coefficient (Wildman–Crippen LogP) is 2.63. The van der Waals surface area contributed by atoms with Gasteiger partial charge in [-0.25, -0.2) is 4.79 Å². The lowest BCUT2D eigenvalue weighted by Gasteiger charge is -2.09. The summed E-state index contributed by atoms with van der Waals surface area (Å²) in [5.41, 5.74) is 7.68. The van der Waals surface area contributed by atoms with E-state index in [1.807, 2.05) is 13.0 Å². The Morgan fingerprint density at radius 2 is 2.06 bits per heavy atom. The topological polar surface area (TPSA) is 61.5 Å². The quantitative estimate of drug-likeness (QED) is 0.495. The largest absolute Gasteiger partial charge is 0.493 e. The van der Waals surface area contributed by atoms with Gasteiger partial charge in [0.1, 0.15) is 5.75 Å². The second-order valence-electron chi connectivity index (χ2n) is 3.78. The maximum atomic E-state index is 11.5. The van der Waals surface area contributed by atoms with Crippen LogP contribution in [0, 0.1) is 0 Å². The van der Waals surface area contributed by atoms with Gasteiger partial charge in [0.25, 0.3) is 0 Å². The van der Waals surface area contributed by atoms with Gasteiger partial charge in [0.15, 0.2) is 0 Å². The molecule has 0 fully saturated rings. The van der Waals surface area contributed by atoms with Crippen molar-refractivity contribution in [2.24, 2.45) is 0 Å². The monoisotopic (exact) mass is 249 g/mol. The van der Waals surface area contributed by atoms with Gasteiger partial charge in [-0.2, -0.15) is 0 Å². The molecular formula is C14H19NO3. The average Bonchev–Trinajstić information content (AvgIpc) is 2.33. The summed E-state index contributed by atoms with van der Waals surface area (Å²) in [5, 5.41) is 0. The fraction of sp³-hybridized carbons (Fsp3) is 0.357. The summed E-state index contributed by atoms with van der Waals surface area (Å²) >= 11 is 0. The molecule has 0 spiro atoms. The molecule has 0 aromatic heterocycles. The highest BCUT2D eigenvalue weighted by Crippen LogP contribution is 2.24. The highest BCUT2D eigenvalue weighted by molar-refractivity contribution is 5.93. The Hall–Kier alpha value is -1.97. The summed E-state index contributed by atoms with van der Waals surface area (Å²) < 4.78 is 10.4. The molecule has 0 radical (unpaired) electrons. The minimum Gasteiger partial charge on any atom is -0.493 e. The third-order valence-electron chi connectivity index (χ3n) is 2.31. The molecule has 0 atom stereocenters. The first kappa shape index (κ1) is 14.1. The van der Waals surface area contributed by atoms with Gasteiger partial charge >= 0.3 is 5.97 Å². The van der Waals surface area contributed by atoms with E-state index in [-0.39, 0.29) is 5.97 Å². The van der Waals surface area contributed by atoms with Crippen molar-refractivity contribution in [3.8, 4) is 5.75 Å². The van der Waals surface area contributed by atoms with Crippen LogP contribution in [0.1, 0.15) is 26.3 Å². The van der Waals surface area contributed by atoms with Crippen LogP contribution in [-0.4, -0.2) is 19.2 Å². The summed E-state index contributed by atoms with van der Waals surface area (Å²) in [6.07, 6.45) is 1.74. The Kier molecular flexibility index (Phi) is 5.24. The molecule has 4 heteroatoms. The van der Waals surface area contributed by atoms with Gasteiger partial charge in [-0.1, -0.05) is 0 Å². The number of hydrogen-bond acceptors (Lipinski definition) is 4. The van der Waals surface area contributed by atoms with Crippen molar-refractivity contribution < 1.29 is 14.3 Å². The summed E-state index contributed by atoms with van der Waals surface area (Å²) in [7, 11) is 0. The standard InChI is InChI=1S/C14H19NO3/c1-4-17-13-9-12(15)7-6-11(13)8-10(3)14(16)18-5-2/h6-9H,4-5,15H2,1-3H3/b10-8-. The summed E-state index contributed by atoms with van der Waals surface area (Å²) in [6, 6.07) is 5.34. The number of anilines is 1. The van der Waals surface area contributed by atoms with E-state index in [2.05, 4.69) is 0 Å². The van der Waals surface area contributed by atoms with Crippen LogP contribution in [0.3, 0.4) is 0 Å². The smallest absolute Gasteiger partial charge is 0.333 e. The first-order valence-electron chi connectivity index (χ1n) is 5.96. The molecule has 0 unspecified atom stereocenters. The van der Waals surface area contributed by atoms with Crippen LogP contribution in [0.25, 0.3) is 6.08 Å².